The van der Waals surface area contributed by atoms with Crippen LogP contribution in [0.1, 0.15) is 33.6 Å². The smallest absolute Gasteiger partial charge is 0.269 e. The Balaban J connectivity index is 1.61. The van der Waals surface area contributed by atoms with Crippen molar-refractivity contribution in [3.63, 3.8) is 0 Å². The molecule has 222 valence electrons. The first-order valence-corrected chi connectivity index (χ1v) is 15.8. The van der Waals surface area contributed by atoms with E-state index in [1.807, 2.05) is 7.05 Å². The van der Waals surface area contributed by atoms with E-state index >= 15 is 4.39 Å². The van der Waals surface area contributed by atoms with Crippen LogP contribution in [0.5, 0.6) is 0 Å². The second-order valence-electron chi connectivity index (χ2n) is 10.6. The van der Waals surface area contributed by atoms with Gasteiger partial charge in [-0.25, -0.2) is 17.1 Å². The number of sulfonamides is 1. The molecule has 3 aromatic carbocycles. The SMILES string of the molecule is CN1CCN(C(=O)c2ccc3n(c2=O)[C@@H](c2ccc(Cl)cc2)[C@@H](c2ccc(Cl)cc2)N3S(=O)(=O)c2ccccc2F)CC1. The van der Waals surface area contributed by atoms with Gasteiger partial charge in [-0.1, -0.05) is 59.6 Å². The van der Waals surface area contributed by atoms with E-state index in [9.17, 15) is 18.0 Å². The molecule has 0 saturated carbocycles. The van der Waals surface area contributed by atoms with Gasteiger partial charge in [0.05, 0.1) is 12.1 Å². The molecule has 1 aromatic heterocycles. The summed E-state index contributed by atoms with van der Waals surface area (Å²) in [6.45, 7) is 2.24. The number of likely N-dealkylation sites (N-methyl/N-ethyl adjacent to an activating group) is 1. The van der Waals surface area contributed by atoms with E-state index < -0.39 is 44.3 Å². The largest absolute Gasteiger partial charge is 0.336 e. The lowest BCUT2D eigenvalue weighted by Crippen LogP contribution is -2.48. The van der Waals surface area contributed by atoms with Gasteiger partial charge < -0.3 is 9.80 Å². The average Bonchev–Trinajstić information content (AvgIpc) is 3.35. The number of fused-ring (bicyclic) bond motifs is 1. The highest BCUT2D eigenvalue weighted by Gasteiger charge is 2.48. The van der Waals surface area contributed by atoms with Crippen LogP contribution in [-0.2, 0) is 10.0 Å². The Labute approximate surface area is 258 Å². The number of anilines is 1. The molecule has 1 amide bonds. The summed E-state index contributed by atoms with van der Waals surface area (Å²) in [4.78, 5) is 31.1. The minimum absolute atomic E-state index is 0.00285. The molecule has 2 aliphatic heterocycles. The van der Waals surface area contributed by atoms with E-state index in [1.165, 1.54) is 34.9 Å². The average molecular weight is 642 g/mol. The molecule has 0 spiro atoms. The first-order valence-electron chi connectivity index (χ1n) is 13.6. The number of nitrogens with zero attached hydrogens (tertiary/aromatic N) is 4. The molecular formula is C31H27Cl2FN4O4S. The Morgan fingerprint density at radius 1 is 0.791 bits per heavy atom. The van der Waals surface area contributed by atoms with Gasteiger partial charge in [-0.3, -0.25) is 14.2 Å². The molecule has 43 heavy (non-hydrogen) atoms. The van der Waals surface area contributed by atoms with Gasteiger partial charge in [0.15, 0.2) is 0 Å². The number of carbonyl (C=O) groups excluding carboxylic acids is 1. The van der Waals surface area contributed by atoms with E-state index in [2.05, 4.69) is 4.90 Å². The highest BCUT2D eigenvalue weighted by molar-refractivity contribution is 7.92. The number of amides is 1. The Bertz CT molecular complexity index is 1860. The molecule has 0 radical (unpaired) electrons. The fraction of sp³-hybridized carbons (Fsp3) is 0.226. The second kappa shape index (κ2) is 11.4. The van der Waals surface area contributed by atoms with Gasteiger partial charge in [0.2, 0.25) is 0 Å². The van der Waals surface area contributed by atoms with Gasteiger partial charge in [0.1, 0.15) is 22.1 Å². The van der Waals surface area contributed by atoms with Gasteiger partial charge in [-0.05, 0) is 66.7 Å². The Morgan fingerprint density at radius 2 is 1.35 bits per heavy atom. The molecule has 0 aliphatic carbocycles. The standard InChI is InChI=1S/C31H27Cl2FN4O4S/c1-35-16-18-36(19-17-35)30(39)24-14-15-27-37(31(24)40)28(20-6-10-22(32)11-7-20)29(21-8-12-23(33)13-9-21)38(27)43(41,42)26-5-3-2-4-25(26)34/h2-15,28-29H,16-19H2,1H3/t28-,29+/m0/s1. The van der Waals surface area contributed by atoms with Crippen molar-refractivity contribution >= 4 is 45.0 Å². The van der Waals surface area contributed by atoms with Gasteiger partial charge in [-0.15, -0.1) is 0 Å². The van der Waals surface area contributed by atoms with Crippen molar-refractivity contribution in [1.82, 2.24) is 14.4 Å². The topological polar surface area (TPSA) is 82.9 Å². The van der Waals surface area contributed by atoms with Crippen LogP contribution >= 0.6 is 23.2 Å². The number of aromatic nitrogens is 1. The number of rotatable bonds is 5. The summed E-state index contributed by atoms with van der Waals surface area (Å²) >= 11 is 12.4. The number of piperazine rings is 1. The molecule has 0 N–H and O–H groups in total. The van der Waals surface area contributed by atoms with Crippen molar-refractivity contribution in [2.24, 2.45) is 0 Å². The second-order valence-corrected chi connectivity index (χ2v) is 13.3. The minimum atomic E-state index is -4.58. The number of hydrogen-bond donors (Lipinski definition) is 0. The molecule has 2 aliphatic rings. The molecule has 4 aromatic rings. The van der Waals surface area contributed by atoms with E-state index in [0.29, 0.717) is 47.4 Å². The van der Waals surface area contributed by atoms with Gasteiger partial charge in [-0.2, -0.15) is 0 Å². The first kappa shape index (κ1) is 29.4. The lowest BCUT2D eigenvalue weighted by Gasteiger charge is -2.32. The monoisotopic (exact) mass is 640 g/mol. The van der Waals surface area contributed by atoms with E-state index in [4.69, 9.17) is 23.2 Å². The molecular weight excluding hydrogens is 614 g/mol. The van der Waals surface area contributed by atoms with Crippen LogP contribution in [-0.4, -0.2) is 61.9 Å². The molecule has 1 fully saturated rings. The third-order valence-electron chi connectivity index (χ3n) is 7.97. The van der Waals surface area contributed by atoms with Crippen LogP contribution in [0.4, 0.5) is 10.2 Å². The van der Waals surface area contributed by atoms with Crippen LogP contribution in [0.15, 0.2) is 94.6 Å². The van der Waals surface area contributed by atoms with Crippen LogP contribution in [0, 0.1) is 5.82 Å². The Kier molecular flexibility index (Phi) is 7.80. The van der Waals surface area contributed by atoms with Crippen LogP contribution < -0.4 is 9.86 Å². The lowest BCUT2D eigenvalue weighted by molar-refractivity contribution is 0.0661. The van der Waals surface area contributed by atoms with Crippen molar-refractivity contribution in [1.29, 1.82) is 0 Å². The van der Waals surface area contributed by atoms with Crippen LogP contribution in [0.3, 0.4) is 0 Å². The normalized spacial score (nSPS) is 19.0. The summed E-state index contributed by atoms with van der Waals surface area (Å²) in [5, 5.41) is 0.884. The van der Waals surface area contributed by atoms with Gasteiger partial charge >= 0.3 is 0 Å². The lowest BCUT2D eigenvalue weighted by atomic mass is 9.94. The predicted molar refractivity (Wildman–Crippen MR) is 164 cm³/mol. The van der Waals surface area contributed by atoms with Crippen molar-refractivity contribution in [3.8, 4) is 0 Å². The summed E-state index contributed by atoms with van der Waals surface area (Å²) < 4.78 is 46.2. The fourth-order valence-corrected chi connectivity index (χ4v) is 7.71. The highest BCUT2D eigenvalue weighted by atomic mass is 35.5. The summed E-state index contributed by atoms with van der Waals surface area (Å²) in [5.41, 5.74) is 0.362. The molecule has 6 rings (SSSR count). The van der Waals surface area contributed by atoms with Crippen molar-refractivity contribution < 1.29 is 17.6 Å². The summed E-state index contributed by atoms with van der Waals surface area (Å²) in [6.07, 6.45) is 0. The number of halogens is 3. The summed E-state index contributed by atoms with van der Waals surface area (Å²) in [6, 6.07) is 19.2. The summed E-state index contributed by atoms with van der Waals surface area (Å²) in [7, 11) is -2.61. The van der Waals surface area contributed by atoms with Crippen LogP contribution in [0.25, 0.3) is 0 Å². The van der Waals surface area contributed by atoms with E-state index in [1.54, 1.807) is 53.4 Å². The minimum Gasteiger partial charge on any atom is -0.336 e. The molecule has 0 bridgehead atoms. The molecule has 12 heteroatoms. The maximum atomic E-state index is 15.1. The quantitative estimate of drug-likeness (QED) is 0.299. The number of carbonyl (C=O) groups is 1. The maximum absolute atomic E-state index is 15.1. The molecule has 8 nitrogen and oxygen atoms in total. The first-order chi connectivity index (χ1) is 20.6. The maximum Gasteiger partial charge on any atom is 0.269 e. The summed E-state index contributed by atoms with van der Waals surface area (Å²) in [5.74, 6) is -1.35. The van der Waals surface area contributed by atoms with Crippen molar-refractivity contribution in [2.45, 2.75) is 17.0 Å². The van der Waals surface area contributed by atoms with E-state index in [0.717, 1.165) is 10.4 Å². The third kappa shape index (κ3) is 5.22. The fourth-order valence-electron chi connectivity index (χ4n) is 5.75. The zero-order chi connectivity index (χ0) is 30.5. The Hall–Kier alpha value is -3.70. The zero-order valence-corrected chi connectivity index (χ0v) is 25.4. The molecule has 3 heterocycles. The van der Waals surface area contributed by atoms with Gasteiger partial charge in [0, 0.05) is 36.2 Å². The highest BCUT2D eigenvalue weighted by Crippen LogP contribution is 2.49. The van der Waals surface area contributed by atoms with Crippen molar-refractivity contribution in [3.05, 3.63) is 128 Å². The molecule has 0 unspecified atom stereocenters. The number of pyridine rings is 1. The molecule has 1 saturated heterocycles. The Morgan fingerprint density at radius 3 is 1.93 bits per heavy atom. The van der Waals surface area contributed by atoms with E-state index in [-0.39, 0.29) is 11.4 Å². The van der Waals surface area contributed by atoms with Crippen molar-refractivity contribution in [2.75, 3.05) is 37.5 Å². The van der Waals surface area contributed by atoms with Crippen LogP contribution in [0.2, 0.25) is 10.0 Å². The number of benzene rings is 3. The predicted octanol–water partition coefficient (Wildman–Crippen LogP) is 5.22. The zero-order valence-electron chi connectivity index (χ0n) is 23.0. The molecule has 2 atom stereocenters. The number of hydrogen-bond acceptors (Lipinski definition) is 5. The third-order valence-corrected chi connectivity index (χ3v) is 10.3. The van der Waals surface area contributed by atoms with Gasteiger partial charge in [0.25, 0.3) is 21.5 Å².